The molecule has 1 N–H and O–H groups in total. The van der Waals surface area contributed by atoms with Crippen molar-refractivity contribution < 1.29 is 5.11 Å². The number of aliphatic hydroxyl groups is 1. The molecule has 3 nitrogen and oxygen atoms in total. The molecule has 0 saturated heterocycles. The van der Waals surface area contributed by atoms with E-state index in [1.54, 1.807) is 6.92 Å². The fourth-order valence-corrected chi connectivity index (χ4v) is 1.79. The first kappa shape index (κ1) is 14.8. The van der Waals surface area contributed by atoms with E-state index in [2.05, 4.69) is 17.2 Å². The summed E-state index contributed by atoms with van der Waals surface area (Å²) in [7, 11) is 0. The molecule has 3 heteroatoms. The fourth-order valence-electron chi connectivity index (χ4n) is 1.79. The molecule has 0 saturated carbocycles. The molecule has 1 unspecified atom stereocenters. The van der Waals surface area contributed by atoms with E-state index in [1.807, 2.05) is 30.3 Å². The first-order valence-electron chi connectivity index (χ1n) is 6.83. The van der Waals surface area contributed by atoms with Gasteiger partial charge in [-0.1, -0.05) is 62.9 Å². The van der Waals surface area contributed by atoms with Crippen molar-refractivity contribution in [1.29, 1.82) is 0 Å². The average Bonchev–Trinajstić information content (AvgIpc) is 2.39. The van der Waals surface area contributed by atoms with E-state index in [-0.39, 0.29) is 0 Å². The van der Waals surface area contributed by atoms with Crippen LogP contribution in [0, 0.1) is 0 Å². The van der Waals surface area contributed by atoms with Gasteiger partial charge in [-0.3, -0.25) is 0 Å². The monoisotopic (exact) mass is 248 g/mol. The van der Waals surface area contributed by atoms with Gasteiger partial charge in [0, 0.05) is 5.56 Å². The molecule has 0 bridgehead atoms. The Morgan fingerprint density at radius 3 is 2.39 bits per heavy atom. The van der Waals surface area contributed by atoms with Crippen molar-refractivity contribution in [2.45, 2.75) is 51.7 Å². The Kier molecular flexibility index (Phi) is 6.58. The standard InChI is InChI=1S/C15H24N2O/c1-3-4-5-6-10-13-16-17-15(2,18)14-11-8-7-9-12-14/h7-9,11-12,18H,3-6,10,13H2,1-2H3/b17-16+. The highest BCUT2D eigenvalue weighted by molar-refractivity contribution is 5.20. The van der Waals surface area contributed by atoms with Gasteiger partial charge in [0.15, 0.2) is 5.72 Å². The Morgan fingerprint density at radius 2 is 1.72 bits per heavy atom. The fraction of sp³-hybridized carbons (Fsp3) is 0.600. The number of benzene rings is 1. The van der Waals surface area contributed by atoms with E-state index in [0.29, 0.717) is 6.54 Å². The lowest BCUT2D eigenvalue weighted by atomic mass is 10.1. The van der Waals surface area contributed by atoms with Gasteiger partial charge in [0.25, 0.3) is 0 Å². The first-order chi connectivity index (χ1) is 8.67. The number of hydrogen-bond acceptors (Lipinski definition) is 3. The molecule has 0 aromatic heterocycles. The third-order valence-corrected chi connectivity index (χ3v) is 2.95. The normalized spacial score (nSPS) is 14.8. The molecular weight excluding hydrogens is 224 g/mol. The maximum atomic E-state index is 10.2. The van der Waals surface area contributed by atoms with Crippen LogP contribution < -0.4 is 0 Å². The number of azo groups is 1. The molecule has 0 fully saturated rings. The van der Waals surface area contributed by atoms with Crippen LogP contribution in [0.25, 0.3) is 0 Å². The highest BCUT2D eigenvalue weighted by atomic mass is 16.3. The second kappa shape index (κ2) is 7.98. The molecule has 1 rings (SSSR count). The minimum atomic E-state index is -1.20. The lowest BCUT2D eigenvalue weighted by molar-refractivity contribution is 0.0583. The first-order valence-corrected chi connectivity index (χ1v) is 6.83. The third kappa shape index (κ3) is 5.41. The van der Waals surface area contributed by atoms with Crippen molar-refractivity contribution in [2.75, 3.05) is 6.54 Å². The molecule has 0 aliphatic rings. The number of unbranched alkanes of at least 4 members (excludes halogenated alkanes) is 4. The predicted molar refractivity (Wildman–Crippen MR) is 74.5 cm³/mol. The number of nitrogens with zero attached hydrogens (tertiary/aromatic N) is 2. The number of hydrogen-bond donors (Lipinski definition) is 1. The van der Waals surface area contributed by atoms with Crippen LogP contribution in [0.1, 0.15) is 51.5 Å². The summed E-state index contributed by atoms with van der Waals surface area (Å²) in [4.78, 5) is 0. The van der Waals surface area contributed by atoms with Crippen LogP contribution in [-0.4, -0.2) is 11.7 Å². The predicted octanol–water partition coefficient (Wildman–Crippen LogP) is 4.27. The lowest BCUT2D eigenvalue weighted by Crippen LogP contribution is -2.17. The van der Waals surface area contributed by atoms with Crippen molar-refractivity contribution >= 4 is 0 Å². The Bertz CT molecular complexity index is 347. The molecule has 0 heterocycles. The minimum Gasteiger partial charge on any atom is -0.364 e. The summed E-state index contributed by atoms with van der Waals surface area (Å²) in [6.07, 6.45) is 6.05. The van der Waals surface area contributed by atoms with E-state index in [0.717, 1.165) is 12.0 Å². The van der Waals surface area contributed by atoms with E-state index in [9.17, 15) is 5.11 Å². The maximum Gasteiger partial charge on any atom is 0.199 e. The summed E-state index contributed by atoms with van der Waals surface area (Å²) in [6.45, 7) is 4.58. The summed E-state index contributed by atoms with van der Waals surface area (Å²) in [6, 6.07) is 9.43. The largest absolute Gasteiger partial charge is 0.364 e. The van der Waals surface area contributed by atoms with Crippen molar-refractivity contribution in [3.8, 4) is 0 Å². The summed E-state index contributed by atoms with van der Waals surface area (Å²) in [5.41, 5.74) is -0.426. The van der Waals surface area contributed by atoms with Gasteiger partial charge in [-0.05, 0) is 13.3 Å². The van der Waals surface area contributed by atoms with E-state index >= 15 is 0 Å². The minimum absolute atomic E-state index is 0.701. The third-order valence-electron chi connectivity index (χ3n) is 2.95. The van der Waals surface area contributed by atoms with E-state index < -0.39 is 5.72 Å². The molecule has 0 spiro atoms. The van der Waals surface area contributed by atoms with Gasteiger partial charge in [-0.25, -0.2) is 0 Å². The van der Waals surface area contributed by atoms with Crippen molar-refractivity contribution in [3.05, 3.63) is 35.9 Å². The molecule has 1 atom stereocenters. The van der Waals surface area contributed by atoms with Crippen LogP contribution in [0.2, 0.25) is 0 Å². The van der Waals surface area contributed by atoms with Gasteiger partial charge in [0.2, 0.25) is 0 Å². The molecule has 100 valence electrons. The van der Waals surface area contributed by atoms with Crippen molar-refractivity contribution in [1.82, 2.24) is 0 Å². The van der Waals surface area contributed by atoms with Crippen LogP contribution in [-0.2, 0) is 5.72 Å². The van der Waals surface area contributed by atoms with Gasteiger partial charge in [0.1, 0.15) is 0 Å². The molecule has 0 radical (unpaired) electrons. The van der Waals surface area contributed by atoms with Gasteiger partial charge >= 0.3 is 0 Å². The van der Waals surface area contributed by atoms with E-state index in [4.69, 9.17) is 0 Å². The smallest absolute Gasteiger partial charge is 0.199 e. The molecule has 0 aliphatic carbocycles. The van der Waals surface area contributed by atoms with Crippen LogP contribution in [0.5, 0.6) is 0 Å². The molecule has 0 amide bonds. The Labute approximate surface area is 110 Å². The number of rotatable bonds is 8. The maximum absolute atomic E-state index is 10.2. The molecule has 1 aromatic carbocycles. The highest BCUT2D eigenvalue weighted by Crippen LogP contribution is 2.21. The van der Waals surface area contributed by atoms with Crippen LogP contribution in [0.15, 0.2) is 40.6 Å². The SMILES string of the molecule is CCCCCCC/N=N/C(C)(O)c1ccccc1. The molecule has 1 aromatic rings. The molecule has 0 aliphatic heterocycles. The summed E-state index contributed by atoms with van der Waals surface area (Å²) in [5.74, 6) is 0. The zero-order valence-corrected chi connectivity index (χ0v) is 11.5. The van der Waals surface area contributed by atoms with E-state index in [1.165, 1.54) is 25.7 Å². The quantitative estimate of drug-likeness (QED) is 0.542. The van der Waals surface area contributed by atoms with Crippen molar-refractivity contribution in [3.63, 3.8) is 0 Å². The Balaban J connectivity index is 2.32. The summed E-state index contributed by atoms with van der Waals surface area (Å²) < 4.78 is 0. The Morgan fingerprint density at radius 1 is 1.06 bits per heavy atom. The second-order valence-electron chi connectivity index (χ2n) is 4.77. The van der Waals surface area contributed by atoms with Crippen LogP contribution in [0.4, 0.5) is 0 Å². The topological polar surface area (TPSA) is 45.0 Å². The van der Waals surface area contributed by atoms with Gasteiger partial charge in [-0.15, -0.1) is 0 Å². The van der Waals surface area contributed by atoms with Gasteiger partial charge < -0.3 is 5.11 Å². The van der Waals surface area contributed by atoms with Gasteiger partial charge in [-0.2, -0.15) is 10.2 Å². The zero-order valence-electron chi connectivity index (χ0n) is 11.5. The molecular formula is C15H24N2O. The second-order valence-corrected chi connectivity index (χ2v) is 4.77. The average molecular weight is 248 g/mol. The summed E-state index contributed by atoms with van der Waals surface area (Å²) >= 11 is 0. The lowest BCUT2D eigenvalue weighted by Gasteiger charge is -2.16. The van der Waals surface area contributed by atoms with Crippen LogP contribution in [0.3, 0.4) is 0 Å². The summed E-state index contributed by atoms with van der Waals surface area (Å²) in [5, 5.41) is 18.3. The van der Waals surface area contributed by atoms with Gasteiger partial charge in [0.05, 0.1) is 6.54 Å². The van der Waals surface area contributed by atoms with Crippen molar-refractivity contribution in [2.24, 2.45) is 10.2 Å². The van der Waals surface area contributed by atoms with Crippen LogP contribution >= 0.6 is 0 Å². The highest BCUT2D eigenvalue weighted by Gasteiger charge is 2.21. The molecule has 18 heavy (non-hydrogen) atoms. The zero-order chi connectivity index (χ0) is 13.3. The Hall–Kier alpha value is -1.22.